The van der Waals surface area contributed by atoms with Crippen LogP contribution in [0.1, 0.15) is 38.1 Å². The zero-order chi connectivity index (χ0) is 17.2. The van der Waals surface area contributed by atoms with Crippen LogP contribution in [-0.2, 0) is 9.53 Å². The first-order valence-electron chi connectivity index (χ1n) is 7.82. The van der Waals surface area contributed by atoms with E-state index in [0.717, 1.165) is 0 Å². The van der Waals surface area contributed by atoms with E-state index in [4.69, 9.17) is 10.5 Å². The van der Waals surface area contributed by atoms with Crippen LogP contribution < -0.4 is 11.1 Å². The second-order valence-electron chi connectivity index (χ2n) is 6.72. The van der Waals surface area contributed by atoms with Crippen molar-refractivity contribution in [1.29, 1.82) is 0 Å². The molecule has 1 fully saturated rings. The zero-order valence-corrected chi connectivity index (χ0v) is 14.1. The number of nitrogens with zero attached hydrogens (tertiary/aromatic N) is 1. The van der Waals surface area contributed by atoms with Gasteiger partial charge in [-0.2, -0.15) is 0 Å². The standard InChI is InChI=1S/C17H25N3O3/c1-11-9-20(10-12(2)23-11)15(21)13-5-7-14(8-6-13)19-16(22)17(3,4)18/h5-8,11-12H,9-10,18H2,1-4H3,(H,19,22). The fourth-order valence-electron chi connectivity index (χ4n) is 2.51. The van der Waals surface area contributed by atoms with Crippen LogP contribution >= 0.6 is 0 Å². The highest BCUT2D eigenvalue weighted by Gasteiger charge is 2.26. The third-order valence-electron chi connectivity index (χ3n) is 3.68. The van der Waals surface area contributed by atoms with Crippen LogP contribution in [0, 0.1) is 0 Å². The number of ether oxygens (including phenoxy) is 1. The molecule has 0 radical (unpaired) electrons. The Kier molecular flexibility index (Phi) is 5.06. The van der Waals surface area contributed by atoms with Crippen LogP contribution in [0.3, 0.4) is 0 Å². The molecule has 6 nitrogen and oxygen atoms in total. The Labute approximate surface area is 137 Å². The molecule has 0 saturated carbocycles. The number of amides is 2. The van der Waals surface area contributed by atoms with E-state index in [-0.39, 0.29) is 24.0 Å². The maximum Gasteiger partial charge on any atom is 0.254 e. The Morgan fingerprint density at radius 3 is 2.17 bits per heavy atom. The molecule has 1 aromatic rings. The minimum Gasteiger partial charge on any atom is -0.372 e. The summed E-state index contributed by atoms with van der Waals surface area (Å²) in [6.07, 6.45) is 0.0705. The average Bonchev–Trinajstić information content (AvgIpc) is 2.45. The molecule has 6 heteroatoms. The molecule has 2 rings (SSSR count). The molecule has 2 unspecified atom stereocenters. The Bertz CT molecular complexity index is 568. The molecule has 0 spiro atoms. The van der Waals surface area contributed by atoms with Gasteiger partial charge in [-0.05, 0) is 52.0 Å². The number of rotatable bonds is 3. The van der Waals surface area contributed by atoms with Crippen molar-refractivity contribution in [3.05, 3.63) is 29.8 Å². The van der Waals surface area contributed by atoms with Crippen molar-refractivity contribution in [2.24, 2.45) is 5.73 Å². The molecule has 2 amide bonds. The summed E-state index contributed by atoms with van der Waals surface area (Å²) in [5, 5.41) is 2.73. The fraction of sp³-hybridized carbons (Fsp3) is 0.529. The number of hydrogen-bond donors (Lipinski definition) is 2. The van der Waals surface area contributed by atoms with Crippen molar-refractivity contribution >= 4 is 17.5 Å². The van der Waals surface area contributed by atoms with E-state index in [1.54, 1.807) is 43.0 Å². The summed E-state index contributed by atoms with van der Waals surface area (Å²) in [6, 6.07) is 6.85. The van der Waals surface area contributed by atoms with Gasteiger partial charge in [-0.15, -0.1) is 0 Å². The van der Waals surface area contributed by atoms with Crippen LogP contribution in [0.2, 0.25) is 0 Å². The highest BCUT2D eigenvalue weighted by atomic mass is 16.5. The number of carbonyl (C=O) groups excluding carboxylic acids is 2. The van der Waals surface area contributed by atoms with Gasteiger partial charge in [0.25, 0.3) is 5.91 Å². The summed E-state index contributed by atoms with van der Waals surface area (Å²) < 4.78 is 5.64. The van der Waals surface area contributed by atoms with Gasteiger partial charge in [0.1, 0.15) is 0 Å². The molecule has 1 heterocycles. The van der Waals surface area contributed by atoms with Gasteiger partial charge in [-0.25, -0.2) is 0 Å². The van der Waals surface area contributed by atoms with E-state index in [1.807, 2.05) is 13.8 Å². The number of nitrogens with one attached hydrogen (secondary N) is 1. The van der Waals surface area contributed by atoms with Crippen LogP contribution in [0.4, 0.5) is 5.69 Å². The quantitative estimate of drug-likeness (QED) is 0.886. The molecule has 1 aromatic carbocycles. The second-order valence-corrected chi connectivity index (χ2v) is 6.72. The fourth-order valence-corrected chi connectivity index (χ4v) is 2.51. The summed E-state index contributed by atoms with van der Waals surface area (Å²) in [5.74, 6) is -0.295. The zero-order valence-electron chi connectivity index (χ0n) is 14.1. The van der Waals surface area contributed by atoms with Crippen LogP contribution in [-0.4, -0.2) is 47.6 Å². The van der Waals surface area contributed by atoms with Crippen molar-refractivity contribution in [1.82, 2.24) is 4.90 Å². The number of morpholine rings is 1. The number of carbonyl (C=O) groups is 2. The normalized spacial score (nSPS) is 21.9. The molecule has 1 saturated heterocycles. The molecule has 0 aromatic heterocycles. The molecule has 3 N–H and O–H groups in total. The first kappa shape index (κ1) is 17.4. The van der Waals surface area contributed by atoms with Gasteiger partial charge >= 0.3 is 0 Å². The number of hydrogen-bond acceptors (Lipinski definition) is 4. The van der Waals surface area contributed by atoms with Crippen LogP contribution in [0.25, 0.3) is 0 Å². The second kappa shape index (κ2) is 6.68. The minimum absolute atomic E-state index is 0.0240. The molecule has 1 aliphatic rings. The predicted octanol–water partition coefficient (Wildman–Crippen LogP) is 1.61. The van der Waals surface area contributed by atoms with Gasteiger partial charge < -0.3 is 20.7 Å². The van der Waals surface area contributed by atoms with Crippen molar-refractivity contribution in [3.63, 3.8) is 0 Å². The van der Waals surface area contributed by atoms with Gasteiger partial charge in [-0.1, -0.05) is 0 Å². The van der Waals surface area contributed by atoms with Gasteiger partial charge in [0, 0.05) is 24.3 Å². The molecule has 0 aliphatic carbocycles. The maximum absolute atomic E-state index is 12.5. The lowest BCUT2D eigenvalue weighted by molar-refractivity contribution is -0.120. The molecular weight excluding hydrogens is 294 g/mol. The summed E-state index contributed by atoms with van der Waals surface area (Å²) in [7, 11) is 0. The van der Waals surface area contributed by atoms with E-state index < -0.39 is 5.54 Å². The lowest BCUT2D eigenvalue weighted by atomic mass is 10.1. The molecule has 1 aliphatic heterocycles. The number of benzene rings is 1. The van der Waals surface area contributed by atoms with Gasteiger partial charge in [0.15, 0.2) is 0 Å². The summed E-state index contributed by atoms with van der Waals surface area (Å²) in [5.41, 5.74) is 6.01. The van der Waals surface area contributed by atoms with Crippen LogP contribution in [0.15, 0.2) is 24.3 Å². The van der Waals surface area contributed by atoms with Gasteiger partial charge in [-0.3, -0.25) is 9.59 Å². The molecule has 23 heavy (non-hydrogen) atoms. The smallest absolute Gasteiger partial charge is 0.254 e. The van der Waals surface area contributed by atoms with E-state index in [9.17, 15) is 9.59 Å². The molecule has 126 valence electrons. The third-order valence-corrected chi connectivity index (χ3v) is 3.68. The summed E-state index contributed by atoms with van der Waals surface area (Å²) in [4.78, 5) is 26.2. The van der Waals surface area contributed by atoms with Crippen LogP contribution in [0.5, 0.6) is 0 Å². The SMILES string of the molecule is CC1CN(C(=O)c2ccc(NC(=O)C(C)(C)N)cc2)CC(C)O1. The van der Waals surface area contributed by atoms with Crippen molar-refractivity contribution in [2.75, 3.05) is 18.4 Å². The van der Waals surface area contributed by atoms with Gasteiger partial charge in [0.2, 0.25) is 5.91 Å². The third kappa shape index (κ3) is 4.53. The Balaban J connectivity index is 2.04. The summed E-state index contributed by atoms with van der Waals surface area (Å²) in [6.45, 7) is 8.38. The minimum atomic E-state index is -0.950. The number of anilines is 1. The lowest BCUT2D eigenvalue weighted by Gasteiger charge is -2.35. The first-order chi connectivity index (χ1) is 10.7. The van der Waals surface area contributed by atoms with Gasteiger partial charge in [0.05, 0.1) is 17.7 Å². The highest BCUT2D eigenvalue weighted by Crippen LogP contribution is 2.17. The first-order valence-corrected chi connectivity index (χ1v) is 7.82. The van der Waals surface area contributed by atoms with E-state index in [2.05, 4.69) is 5.32 Å². The van der Waals surface area contributed by atoms with E-state index >= 15 is 0 Å². The lowest BCUT2D eigenvalue weighted by Crippen LogP contribution is -2.48. The van der Waals surface area contributed by atoms with Crippen molar-refractivity contribution in [3.8, 4) is 0 Å². The monoisotopic (exact) mass is 319 g/mol. The predicted molar refractivity (Wildman–Crippen MR) is 89.3 cm³/mol. The Hall–Kier alpha value is -1.92. The topological polar surface area (TPSA) is 84.7 Å². The molecule has 2 atom stereocenters. The molecular formula is C17H25N3O3. The Morgan fingerprint density at radius 2 is 1.70 bits per heavy atom. The highest BCUT2D eigenvalue weighted by molar-refractivity contribution is 5.98. The largest absolute Gasteiger partial charge is 0.372 e. The molecule has 0 bridgehead atoms. The average molecular weight is 319 g/mol. The van der Waals surface area contributed by atoms with Crippen molar-refractivity contribution < 1.29 is 14.3 Å². The van der Waals surface area contributed by atoms with Crippen molar-refractivity contribution in [2.45, 2.75) is 45.4 Å². The summed E-state index contributed by atoms with van der Waals surface area (Å²) >= 11 is 0. The van der Waals surface area contributed by atoms with E-state index in [1.165, 1.54) is 0 Å². The number of nitrogens with two attached hydrogens (primary N) is 1. The maximum atomic E-state index is 12.5. The Morgan fingerprint density at radius 1 is 1.17 bits per heavy atom. The van der Waals surface area contributed by atoms with E-state index in [0.29, 0.717) is 24.3 Å².